The van der Waals surface area contributed by atoms with Crippen molar-refractivity contribution < 1.29 is 42.9 Å². The number of esters is 4. The summed E-state index contributed by atoms with van der Waals surface area (Å²) in [7, 11) is 0. The Hall–Kier alpha value is -2.85. The number of azide groups is 1. The first-order chi connectivity index (χ1) is 12.1. The molecule has 144 valence electrons. The predicted molar refractivity (Wildman–Crippen MR) is 81.1 cm³/mol. The number of carbonyl (C=O) groups excluding carboxylic acids is 4. The fraction of sp³-hybridized carbons (Fsp3) is 0.714. The van der Waals surface area contributed by atoms with Crippen molar-refractivity contribution in [3.63, 3.8) is 0 Å². The molecule has 0 radical (unpaired) electrons. The third-order valence-electron chi connectivity index (χ3n) is 3.13. The highest BCUT2D eigenvalue weighted by atomic mass is 16.7. The van der Waals surface area contributed by atoms with E-state index in [1.165, 1.54) is 0 Å². The summed E-state index contributed by atoms with van der Waals surface area (Å²) in [6.45, 7) is 4.06. The largest absolute Gasteiger partial charge is 0.463 e. The van der Waals surface area contributed by atoms with E-state index in [1.54, 1.807) is 0 Å². The third kappa shape index (κ3) is 6.22. The number of nitrogens with zero attached hydrogens (tertiary/aromatic N) is 3. The molecule has 0 amide bonds. The van der Waals surface area contributed by atoms with Gasteiger partial charge in [-0.25, -0.2) is 0 Å². The van der Waals surface area contributed by atoms with Gasteiger partial charge in [0.15, 0.2) is 24.5 Å². The summed E-state index contributed by atoms with van der Waals surface area (Å²) in [4.78, 5) is 48.0. The number of carbonyl (C=O) groups is 4. The van der Waals surface area contributed by atoms with Crippen LogP contribution in [0.4, 0.5) is 0 Å². The smallest absolute Gasteiger partial charge is 0.303 e. The Kier molecular flexibility index (Phi) is 7.81. The quantitative estimate of drug-likeness (QED) is 0.210. The fourth-order valence-corrected chi connectivity index (χ4v) is 2.35. The van der Waals surface area contributed by atoms with Crippen LogP contribution in [0.15, 0.2) is 5.11 Å². The molecule has 0 aromatic rings. The van der Waals surface area contributed by atoms with E-state index >= 15 is 0 Å². The van der Waals surface area contributed by atoms with Gasteiger partial charge < -0.3 is 23.7 Å². The molecule has 0 aliphatic carbocycles. The SMILES string of the molecule is CC(=O)OCC1O[C@@H](N=[N+]=[N-])C(OC(C)=O)[C@@H](OC(C)=O)[C@@H]1OC(C)=O. The van der Waals surface area contributed by atoms with Gasteiger partial charge in [0.25, 0.3) is 0 Å². The Morgan fingerprint density at radius 2 is 1.38 bits per heavy atom. The van der Waals surface area contributed by atoms with E-state index in [-0.39, 0.29) is 6.61 Å². The second kappa shape index (κ2) is 9.59. The minimum Gasteiger partial charge on any atom is -0.463 e. The summed E-state index contributed by atoms with van der Waals surface area (Å²) < 4.78 is 25.6. The first-order valence-electron chi connectivity index (χ1n) is 7.50. The van der Waals surface area contributed by atoms with Gasteiger partial charge in [0.1, 0.15) is 12.7 Å². The van der Waals surface area contributed by atoms with Gasteiger partial charge in [0.2, 0.25) is 0 Å². The maximum atomic E-state index is 11.5. The van der Waals surface area contributed by atoms with Crippen LogP contribution in [-0.4, -0.2) is 61.1 Å². The van der Waals surface area contributed by atoms with E-state index in [2.05, 4.69) is 10.0 Å². The summed E-state index contributed by atoms with van der Waals surface area (Å²) in [5, 5.41) is 3.38. The van der Waals surface area contributed by atoms with Gasteiger partial charge in [0, 0.05) is 32.6 Å². The number of hydrogen-bond donors (Lipinski definition) is 0. The highest BCUT2D eigenvalue weighted by Gasteiger charge is 2.51. The van der Waals surface area contributed by atoms with Crippen LogP contribution in [0.25, 0.3) is 10.4 Å². The Bertz CT molecular complexity index is 617. The molecule has 1 heterocycles. The molecule has 0 N–H and O–H groups in total. The molecule has 12 nitrogen and oxygen atoms in total. The van der Waals surface area contributed by atoms with Gasteiger partial charge in [-0.2, -0.15) is 0 Å². The molecule has 0 spiro atoms. The van der Waals surface area contributed by atoms with Gasteiger partial charge >= 0.3 is 23.9 Å². The molecule has 1 rings (SSSR count). The van der Waals surface area contributed by atoms with Gasteiger partial charge in [-0.1, -0.05) is 5.11 Å². The van der Waals surface area contributed by atoms with E-state index < -0.39 is 54.5 Å². The van der Waals surface area contributed by atoms with E-state index in [4.69, 9.17) is 29.2 Å². The van der Waals surface area contributed by atoms with E-state index in [0.29, 0.717) is 0 Å². The monoisotopic (exact) mass is 373 g/mol. The Morgan fingerprint density at radius 3 is 1.85 bits per heavy atom. The first kappa shape index (κ1) is 21.2. The van der Waals surface area contributed by atoms with Gasteiger partial charge in [-0.15, -0.1) is 0 Å². The normalized spacial score (nSPS) is 27.5. The molecule has 1 fully saturated rings. The van der Waals surface area contributed by atoms with Crippen LogP contribution in [0.5, 0.6) is 0 Å². The van der Waals surface area contributed by atoms with E-state index in [1.807, 2.05) is 0 Å². The van der Waals surface area contributed by atoms with Crippen molar-refractivity contribution in [1.82, 2.24) is 0 Å². The van der Waals surface area contributed by atoms with Crippen LogP contribution in [0.3, 0.4) is 0 Å². The average molecular weight is 373 g/mol. The maximum absolute atomic E-state index is 11.5. The lowest BCUT2D eigenvalue weighted by Crippen LogP contribution is -2.61. The molecule has 0 aromatic carbocycles. The van der Waals surface area contributed by atoms with Crippen LogP contribution in [0, 0.1) is 0 Å². The zero-order valence-corrected chi connectivity index (χ0v) is 14.6. The van der Waals surface area contributed by atoms with Crippen LogP contribution < -0.4 is 0 Å². The highest BCUT2D eigenvalue weighted by molar-refractivity contribution is 5.68. The van der Waals surface area contributed by atoms with Crippen LogP contribution in [-0.2, 0) is 42.9 Å². The summed E-state index contributed by atoms with van der Waals surface area (Å²) in [6, 6.07) is 0. The van der Waals surface area contributed by atoms with E-state index in [0.717, 1.165) is 27.7 Å². The second-order valence-electron chi connectivity index (χ2n) is 5.29. The molecule has 12 heteroatoms. The summed E-state index contributed by atoms with van der Waals surface area (Å²) in [5.74, 6) is -2.92. The van der Waals surface area contributed by atoms with Crippen molar-refractivity contribution in [3.05, 3.63) is 10.4 Å². The molecular formula is C14H19N3O9. The Morgan fingerprint density at radius 1 is 0.885 bits per heavy atom. The number of rotatable bonds is 6. The van der Waals surface area contributed by atoms with Crippen LogP contribution in [0.1, 0.15) is 27.7 Å². The Balaban J connectivity index is 3.28. The van der Waals surface area contributed by atoms with Crippen LogP contribution >= 0.6 is 0 Å². The zero-order chi connectivity index (χ0) is 19.9. The first-order valence-corrected chi connectivity index (χ1v) is 7.50. The van der Waals surface area contributed by atoms with Crippen LogP contribution in [0.2, 0.25) is 0 Å². The zero-order valence-electron chi connectivity index (χ0n) is 14.6. The highest BCUT2D eigenvalue weighted by Crippen LogP contribution is 2.29. The predicted octanol–water partition coefficient (Wildman–Crippen LogP) is 0.380. The second-order valence-corrected chi connectivity index (χ2v) is 5.29. The minimum atomic E-state index is -1.40. The molecule has 5 atom stereocenters. The third-order valence-corrected chi connectivity index (χ3v) is 3.13. The maximum Gasteiger partial charge on any atom is 0.303 e. The van der Waals surface area contributed by atoms with Crippen molar-refractivity contribution in [3.8, 4) is 0 Å². The average Bonchev–Trinajstić information content (AvgIpc) is 2.50. The summed E-state index contributed by atoms with van der Waals surface area (Å²) >= 11 is 0. The molecule has 26 heavy (non-hydrogen) atoms. The number of hydrogen-bond acceptors (Lipinski definition) is 10. The summed E-state index contributed by atoms with van der Waals surface area (Å²) in [6.07, 6.45) is -6.52. The lowest BCUT2D eigenvalue weighted by Gasteiger charge is -2.43. The van der Waals surface area contributed by atoms with E-state index in [9.17, 15) is 19.2 Å². The fourth-order valence-electron chi connectivity index (χ4n) is 2.35. The van der Waals surface area contributed by atoms with Crippen molar-refractivity contribution in [1.29, 1.82) is 0 Å². The van der Waals surface area contributed by atoms with Crippen molar-refractivity contribution in [2.24, 2.45) is 5.11 Å². The topological polar surface area (TPSA) is 163 Å². The van der Waals surface area contributed by atoms with Gasteiger partial charge in [0.05, 0.1) is 0 Å². The summed E-state index contributed by atoms with van der Waals surface area (Å²) in [5.41, 5.74) is 8.71. The molecule has 1 aliphatic rings. The van der Waals surface area contributed by atoms with Crippen molar-refractivity contribution in [2.45, 2.75) is 58.3 Å². The standard InChI is InChI=1S/C14H19N3O9/c1-6(18)22-5-10-11(23-7(2)19)12(24-8(3)20)13(25-9(4)21)14(26-10)16-17-15/h10-14H,5H2,1-4H3/t10?,11-,12+,13?,14-/m1/s1. The Labute approximate surface area is 148 Å². The minimum absolute atomic E-state index is 0.380. The molecule has 2 unspecified atom stereocenters. The lowest BCUT2D eigenvalue weighted by atomic mass is 9.97. The van der Waals surface area contributed by atoms with Gasteiger partial charge in [-0.05, 0) is 5.53 Å². The molecule has 0 aromatic heterocycles. The number of ether oxygens (including phenoxy) is 5. The molecule has 0 saturated carbocycles. The van der Waals surface area contributed by atoms with Crippen molar-refractivity contribution >= 4 is 23.9 Å². The molecule has 1 aliphatic heterocycles. The molecule has 0 bridgehead atoms. The van der Waals surface area contributed by atoms with Crippen molar-refractivity contribution in [2.75, 3.05) is 6.61 Å². The molecule has 1 saturated heterocycles. The van der Waals surface area contributed by atoms with Gasteiger partial charge in [-0.3, -0.25) is 19.2 Å². The molecular weight excluding hydrogens is 354 g/mol. The lowest BCUT2D eigenvalue weighted by molar-refractivity contribution is -0.251.